The predicted octanol–water partition coefficient (Wildman–Crippen LogP) is 14.6. The quantitative estimate of drug-likeness (QED) is 0.0212. The summed E-state index contributed by atoms with van der Waals surface area (Å²) in [6.45, 7) is 4.33. The molecule has 0 radical (unpaired) electrons. The summed E-state index contributed by atoms with van der Waals surface area (Å²) < 4.78 is 34.4. The number of allylic oxidation sites excluding steroid dienone is 12. The molecular weight excluding hydrogens is 798 g/mol. The van der Waals surface area contributed by atoms with Crippen molar-refractivity contribution in [2.75, 3.05) is 47.5 Å². The van der Waals surface area contributed by atoms with Crippen LogP contribution in [0.2, 0.25) is 0 Å². The topological polar surface area (TPSA) is 108 Å². The van der Waals surface area contributed by atoms with E-state index >= 15 is 0 Å². The fourth-order valence-corrected chi connectivity index (χ4v) is 7.06. The molecule has 0 heterocycles. The van der Waals surface area contributed by atoms with Gasteiger partial charge in [0.1, 0.15) is 19.8 Å². The standard InChI is InChI=1S/C52H92NO8P/c1-6-8-10-12-14-16-18-20-22-24-26-28-30-32-34-36-38-40-42-44-51(54)58-48-50(49-60-62(56,57)59-47-46-53(3,4)5)61-52(55)45-43-41-39-37-35-33-31-29-27-25-23-21-19-17-15-13-11-9-7-2/h14-17,20-23,27,29,33,35,50H,6-13,18-19,24-26,28,30-32,34,36-49H2,1-5H3/p+1/b16-14+,17-15+,22-20+,23-21+,29-27+,35-33+/t50-/m1/s1. The van der Waals surface area contributed by atoms with Crippen molar-refractivity contribution in [1.29, 1.82) is 0 Å². The molecule has 0 bridgehead atoms. The molecule has 0 rings (SSSR count). The summed E-state index contributed by atoms with van der Waals surface area (Å²) in [5.41, 5.74) is 0. The number of ether oxygens (including phenoxy) is 2. The zero-order valence-electron chi connectivity index (χ0n) is 40.3. The average Bonchev–Trinajstić information content (AvgIpc) is 3.23. The van der Waals surface area contributed by atoms with Gasteiger partial charge in [0.05, 0.1) is 27.7 Å². The highest BCUT2D eigenvalue weighted by atomic mass is 31.2. The highest BCUT2D eigenvalue weighted by molar-refractivity contribution is 7.47. The van der Waals surface area contributed by atoms with E-state index in [0.717, 1.165) is 77.0 Å². The average molecular weight is 891 g/mol. The molecule has 0 amide bonds. The maximum absolute atomic E-state index is 12.7. The minimum Gasteiger partial charge on any atom is -0.462 e. The molecule has 10 heteroatoms. The second kappa shape index (κ2) is 43.7. The number of quaternary nitrogens is 1. The largest absolute Gasteiger partial charge is 0.472 e. The smallest absolute Gasteiger partial charge is 0.462 e. The van der Waals surface area contributed by atoms with Crippen LogP contribution in [0.4, 0.5) is 0 Å². The third-order valence-electron chi connectivity index (χ3n) is 10.2. The van der Waals surface area contributed by atoms with Crippen molar-refractivity contribution in [1.82, 2.24) is 0 Å². The number of esters is 2. The van der Waals surface area contributed by atoms with Crippen LogP contribution in [-0.2, 0) is 32.7 Å². The van der Waals surface area contributed by atoms with Crippen molar-refractivity contribution < 1.29 is 42.1 Å². The lowest BCUT2D eigenvalue weighted by molar-refractivity contribution is -0.870. The second-order valence-corrected chi connectivity index (χ2v) is 18.9. The zero-order valence-corrected chi connectivity index (χ0v) is 41.2. The number of phosphoric ester groups is 1. The number of rotatable bonds is 44. The Hall–Kier alpha value is -2.55. The Morgan fingerprint density at radius 2 is 0.871 bits per heavy atom. The highest BCUT2D eigenvalue weighted by Crippen LogP contribution is 2.43. The van der Waals surface area contributed by atoms with Gasteiger partial charge in [-0.2, -0.15) is 0 Å². The second-order valence-electron chi connectivity index (χ2n) is 17.5. The van der Waals surface area contributed by atoms with E-state index in [1.54, 1.807) is 0 Å². The number of carbonyl (C=O) groups is 2. The van der Waals surface area contributed by atoms with Crippen LogP contribution in [0.15, 0.2) is 72.9 Å². The van der Waals surface area contributed by atoms with E-state index in [9.17, 15) is 19.0 Å². The van der Waals surface area contributed by atoms with Crippen LogP contribution >= 0.6 is 7.82 Å². The monoisotopic (exact) mass is 891 g/mol. The summed E-state index contributed by atoms with van der Waals surface area (Å²) in [7, 11) is 1.44. The van der Waals surface area contributed by atoms with Crippen molar-refractivity contribution >= 4 is 19.8 Å². The summed E-state index contributed by atoms with van der Waals surface area (Å²) >= 11 is 0. The number of phosphoric acid groups is 1. The lowest BCUT2D eigenvalue weighted by Gasteiger charge is -2.24. The van der Waals surface area contributed by atoms with Crippen LogP contribution in [0, 0.1) is 0 Å². The number of unbranched alkanes of at least 4 members (excludes halogenated alkanes) is 18. The first-order valence-corrected chi connectivity index (χ1v) is 26.2. The van der Waals surface area contributed by atoms with Gasteiger partial charge in [0.2, 0.25) is 0 Å². The first kappa shape index (κ1) is 59.5. The molecular formula is C52H93NO8P+. The molecule has 1 N–H and O–H groups in total. The molecule has 1 unspecified atom stereocenters. The third-order valence-corrected chi connectivity index (χ3v) is 11.2. The number of nitrogens with zero attached hydrogens (tertiary/aromatic N) is 1. The Kier molecular flexibility index (Phi) is 41.9. The zero-order chi connectivity index (χ0) is 45.7. The molecule has 0 saturated heterocycles. The van der Waals surface area contributed by atoms with Gasteiger partial charge in [-0.1, -0.05) is 164 Å². The Morgan fingerprint density at radius 1 is 0.500 bits per heavy atom. The van der Waals surface area contributed by atoms with Gasteiger partial charge in [-0.15, -0.1) is 0 Å². The summed E-state index contributed by atoms with van der Waals surface area (Å²) in [6.07, 6.45) is 55.2. The van der Waals surface area contributed by atoms with Gasteiger partial charge >= 0.3 is 19.8 Å². The van der Waals surface area contributed by atoms with Gasteiger partial charge < -0.3 is 18.9 Å². The Balaban J connectivity index is 4.37. The van der Waals surface area contributed by atoms with Gasteiger partial charge in [-0.05, 0) is 89.9 Å². The fourth-order valence-electron chi connectivity index (χ4n) is 6.32. The summed E-state index contributed by atoms with van der Waals surface area (Å²) in [5.74, 6) is -0.842. The van der Waals surface area contributed by atoms with Crippen LogP contribution in [-0.4, -0.2) is 74.9 Å². The van der Waals surface area contributed by atoms with Crippen molar-refractivity contribution in [2.45, 2.75) is 200 Å². The van der Waals surface area contributed by atoms with Gasteiger partial charge in [-0.3, -0.25) is 18.6 Å². The molecule has 0 aromatic rings. The first-order chi connectivity index (χ1) is 30.0. The predicted molar refractivity (Wildman–Crippen MR) is 261 cm³/mol. The summed E-state index contributed by atoms with van der Waals surface area (Å²) in [6, 6.07) is 0. The molecule has 0 saturated carbocycles. The van der Waals surface area contributed by atoms with Crippen LogP contribution in [0.25, 0.3) is 0 Å². The van der Waals surface area contributed by atoms with Gasteiger partial charge in [0, 0.05) is 12.8 Å². The molecule has 358 valence electrons. The van der Waals surface area contributed by atoms with Gasteiger partial charge in [-0.25, -0.2) is 4.57 Å². The molecule has 0 aliphatic heterocycles. The molecule has 0 aliphatic rings. The maximum Gasteiger partial charge on any atom is 0.472 e. The van der Waals surface area contributed by atoms with Crippen molar-refractivity contribution in [3.05, 3.63) is 72.9 Å². The Morgan fingerprint density at radius 3 is 1.31 bits per heavy atom. The lowest BCUT2D eigenvalue weighted by atomic mass is 10.1. The number of hydrogen-bond acceptors (Lipinski definition) is 7. The Bertz CT molecular complexity index is 1280. The van der Waals surface area contributed by atoms with E-state index < -0.39 is 26.5 Å². The minimum atomic E-state index is -4.39. The molecule has 0 aromatic carbocycles. The number of hydrogen-bond donors (Lipinski definition) is 1. The minimum absolute atomic E-state index is 0.0212. The van der Waals surface area contributed by atoms with E-state index in [1.807, 2.05) is 21.1 Å². The van der Waals surface area contributed by atoms with Crippen LogP contribution in [0.5, 0.6) is 0 Å². The molecule has 0 aromatic heterocycles. The summed E-state index contributed by atoms with van der Waals surface area (Å²) in [5, 5.41) is 0. The van der Waals surface area contributed by atoms with Crippen LogP contribution < -0.4 is 0 Å². The van der Waals surface area contributed by atoms with E-state index in [4.69, 9.17) is 18.5 Å². The summed E-state index contributed by atoms with van der Waals surface area (Å²) in [4.78, 5) is 35.5. The van der Waals surface area contributed by atoms with Crippen molar-refractivity contribution in [3.8, 4) is 0 Å². The maximum atomic E-state index is 12.7. The van der Waals surface area contributed by atoms with Gasteiger partial charge in [0.15, 0.2) is 6.10 Å². The number of carbonyl (C=O) groups excluding carboxylic acids is 2. The molecule has 0 fully saturated rings. The Labute approximate surface area is 380 Å². The van der Waals surface area contributed by atoms with E-state index in [0.29, 0.717) is 17.4 Å². The van der Waals surface area contributed by atoms with Crippen molar-refractivity contribution in [2.24, 2.45) is 0 Å². The fraction of sp³-hybridized carbons (Fsp3) is 0.731. The lowest BCUT2D eigenvalue weighted by Crippen LogP contribution is -2.37. The highest BCUT2D eigenvalue weighted by Gasteiger charge is 2.27. The van der Waals surface area contributed by atoms with Crippen LogP contribution in [0.3, 0.4) is 0 Å². The number of likely N-dealkylation sites (N-methyl/N-ethyl adjacent to an activating group) is 1. The molecule has 9 nitrogen and oxygen atoms in total. The molecule has 62 heavy (non-hydrogen) atoms. The third kappa shape index (κ3) is 46.9. The van der Waals surface area contributed by atoms with E-state index in [-0.39, 0.29) is 32.0 Å². The molecule has 2 atom stereocenters. The van der Waals surface area contributed by atoms with Crippen LogP contribution in [0.1, 0.15) is 194 Å². The molecule has 0 spiro atoms. The van der Waals surface area contributed by atoms with E-state index in [2.05, 4.69) is 86.8 Å². The molecule has 0 aliphatic carbocycles. The first-order valence-electron chi connectivity index (χ1n) is 24.7. The SMILES string of the molecule is CCCCC/C=C/C/C=C/C/C=C/C/C=C/CCCCCC(=O)O[C@H](COC(=O)CCCCCCCCCCC/C=C/C/C=C/CCCCC)COP(=O)(O)OCC[N+](C)(C)C. The van der Waals surface area contributed by atoms with Crippen molar-refractivity contribution in [3.63, 3.8) is 0 Å². The normalized spacial score (nSPS) is 14.1. The van der Waals surface area contributed by atoms with Gasteiger partial charge in [0.25, 0.3) is 0 Å². The van der Waals surface area contributed by atoms with E-state index in [1.165, 1.54) is 83.5 Å².